The Morgan fingerprint density at radius 2 is 2.25 bits per heavy atom. The largest absolute Gasteiger partial charge is 0.320 e. The molecule has 20 heavy (non-hydrogen) atoms. The summed E-state index contributed by atoms with van der Waals surface area (Å²) in [4.78, 5) is 15.5. The fourth-order valence-corrected chi connectivity index (χ4v) is 3.87. The molecule has 1 fully saturated rings. The lowest BCUT2D eigenvalue weighted by atomic mass is 10.1. The highest BCUT2D eigenvalue weighted by molar-refractivity contribution is 7.84. The zero-order valence-corrected chi connectivity index (χ0v) is 13.8. The van der Waals surface area contributed by atoms with Crippen LogP contribution in [0.5, 0.6) is 0 Å². The normalized spacial score (nSPS) is 24.6. The number of nitrogens with one attached hydrogen (secondary N) is 1. The molecule has 0 saturated carbocycles. The Balaban J connectivity index is 2.15. The van der Waals surface area contributed by atoms with E-state index in [0.29, 0.717) is 18.1 Å². The molecule has 2 rings (SSSR count). The fraction of sp³-hybridized carbons (Fsp3) is 0.643. The Hall–Kier alpha value is -0.720. The quantitative estimate of drug-likeness (QED) is 0.873. The number of thiophene rings is 1. The van der Waals surface area contributed by atoms with Gasteiger partial charge in [0.1, 0.15) is 6.17 Å². The molecule has 2 heterocycles. The second-order valence-corrected chi connectivity index (χ2v) is 8.12. The third-order valence-electron chi connectivity index (χ3n) is 3.56. The Bertz CT molecular complexity index is 474. The summed E-state index contributed by atoms with van der Waals surface area (Å²) in [5.41, 5.74) is 0. The van der Waals surface area contributed by atoms with E-state index in [2.05, 4.69) is 19.2 Å². The molecule has 1 saturated heterocycles. The van der Waals surface area contributed by atoms with Gasteiger partial charge in [-0.3, -0.25) is 14.3 Å². The number of rotatable bonds is 6. The van der Waals surface area contributed by atoms with E-state index < -0.39 is 10.8 Å². The molecule has 3 atom stereocenters. The van der Waals surface area contributed by atoms with Crippen LogP contribution in [0.15, 0.2) is 17.5 Å². The van der Waals surface area contributed by atoms with Gasteiger partial charge in [0.15, 0.2) is 0 Å². The molecule has 0 aliphatic carbocycles. The Morgan fingerprint density at radius 1 is 1.50 bits per heavy atom. The summed E-state index contributed by atoms with van der Waals surface area (Å²) < 4.78 is 11.6. The van der Waals surface area contributed by atoms with E-state index in [-0.39, 0.29) is 24.0 Å². The molecule has 6 heteroatoms. The molecule has 0 radical (unpaired) electrons. The van der Waals surface area contributed by atoms with E-state index in [1.54, 1.807) is 11.3 Å². The first-order valence-corrected chi connectivity index (χ1v) is 9.36. The van der Waals surface area contributed by atoms with Crippen LogP contribution in [-0.2, 0) is 15.6 Å². The minimum absolute atomic E-state index is 0.0660. The molecular weight excluding hydrogens is 292 g/mol. The van der Waals surface area contributed by atoms with Gasteiger partial charge in [0.25, 0.3) is 0 Å². The molecule has 1 aliphatic heterocycles. The Kier molecular flexibility index (Phi) is 5.35. The van der Waals surface area contributed by atoms with Gasteiger partial charge in [-0.1, -0.05) is 26.8 Å². The van der Waals surface area contributed by atoms with E-state index in [0.717, 1.165) is 4.88 Å². The first-order valence-electron chi connectivity index (χ1n) is 6.99. The van der Waals surface area contributed by atoms with Gasteiger partial charge in [-0.2, -0.15) is 0 Å². The minimum Gasteiger partial charge on any atom is -0.320 e. The van der Waals surface area contributed by atoms with Crippen LogP contribution < -0.4 is 5.32 Å². The van der Waals surface area contributed by atoms with Crippen molar-refractivity contribution in [2.75, 3.05) is 18.1 Å². The van der Waals surface area contributed by atoms with Crippen LogP contribution >= 0.6 is 11.3 Å². The zero-order chi connectivity index (χ0) is 14.7. The molecule has 1 aromatic rings. The van der Waals surface area contributed by atoms with Crippen LogP contribution in [0.25, 0.3) is 0 Å². The topological polar surface area (TPSA) is 49.4 Å². The monoisotopic (exact) mass is 314 g/mol. The van der Waals surface area contributed by atoms with Crippen molar-refractivity contribution in [1.82, 2.24) is 10.2 Å². The summed E-state index contributed by atoms with van der Waals surface area (Å²) >= 11 is 1.65. The van der Waals surface area contributed by atoms with Crippen LogP contribution in [0.3, 0.4) is 0 Å². The number of hydrogen-bond donors (Lipinski definition) is 1. The second-order valence-electron chi connectivity index (χ2n) is 5.27. The van der Waals surface area contributed by atoms with Crippen LogP contribution in [0, 0.1) is 5.92 Å². The molecule has 0 aromatic carbocycles. The average Bonchev–Trinajstić information content (AvgIpc) is 3.03. The number of nitrogens with zero attached hydrogens (tertiary/aromatic N) is 1. The van der Waals surface area contributed by atoms with Crippen LogP contribution in [0.4, 0.5) is 0 Å². The second kappa shape index (κ2) is 6.83. The zero-order valence-electron chi connectivity index (χ0n) is 12.2. The first-order chi connectivity index (χ1) is 9.54. The van der Waals surface area contributed by atoms with Crippen molar-refractivity contribution in [1.29, 1.82) is 0 Å². The van der Waals surface area contributed by atoms with Gasteiger partial charge in [0.2, 0.25) is 5.91 Å². The summed E-state index contributed by atoms with van der Waals surface area (Å²) in [7, 11) is -0.840. The Labute approximate surface area is 127 Å². The molecule has 3 unspecified atom stereocenters. The molecule has 0 bridgehead atoms. The van der Waals surface area contributed by atoms with Crippen LogP contribution in [0.2, 0.25) is 0 Å². The van der Waals surface area contributed by atoms with Crippen molar-refractivity contribution in [3.8, 4) is 0 Å². The average molecular weight is 314 g/mol. The molecular formula is C14H22N2O2S2. The summed E-state index contributed by atoms with van der Waals surface area (Å²) in [6, 6.07) is 3.90. The summed E-state index contributed by atoms with van der Waals surface area (Å²) in [5, 5.41) is 5.44. The standard InChI is InChI=1S/C14H22N2O2S2/c1-4-20(18)9-7-16-13(11-6-5-8-19-11)15-12(10(2)3)14(16)17/h5-6,8,10,12-13,15H,4,7,9H2,1-3H3. The molecule has 1 aromatic heterocycles. The van der Waals surface area contributed by atoms with E-state index in [1.165, 1.54) is 0 Å². The predicted octanol–water partition coefficient (Wildman–Crippen LogP) is 1.97. The third-order valence-corrected chi connectivity index (χ3v) is 5.77. The van der Waals surface area contributed by atoms with Gasteiger partial charge in [-0.25, -0.2) is 0 Å². The van der Waals surface area contributed by atoms with Gasteiger partial charge in [0, 0.05) is 33.7 Å². The molecule has 4 nitrogen and oxygen atoms in total. The van der Waals surface area contributed by atoms with E-state index in [4.69, 9.17) is 0 Å². The van der Waals surface area contributed by atoms with Crippen molar-refractivity contribution >= 4 is 28.0 Å². The number of hydrogen-bond acceptors (Lipinski definition) is 4. The SMILES string of the molecule is CCS(=O)CCN1C(=O)C(C(C)C)NC1c1cccs1. The first kappa shape index (κ1) is 15.7. The van der Waals surface area contributed by atoms with Crippen molar-refractivity contribution in [3.05, 3.63) is 22.4 Å². The lowest BCUT2D eigenvalue weighted by molar-refractivity contribution is -0.130. The van der Waals surface area contributed by atoms with Crippen LogP contribution in [0.1, 0.15) is 31.8 Å². The smallest absolute Gasteiger partial charge is 0.241 e. The molecule has 1 aliphatic rings. The Morgan fingerprint density at radius 3 is 2.80 bits per heavy atom. The van der Waals surface area contributed by atoms with Gasteiger partial charge < -0.3 is 4.90 Å². The number of carbonyl (C=O) groups excluding carboxylic acids is 1. The minimum atomic E-state index is -0.840. The maximum Gasteiger partial charge on any atom is 0.241 e. The number of carbonyl (C=O) groups is 1. The van der Waals surface area contributed by atoms with Gasteiger partial charge >= 0.3 is 0 Å². The van der Waals surface area contributed by atoms with Gasteiger partial charge in [0.05, 0.1) is 6.04 Å². The van der Waals surface area contributed by atoms with Crippen molar-refractivity contribution in [2.45, 2.75) is 33.0 Å². The summed E-state index contributed by atoms with van der Waals surface area (Å²) in [5.74, 6) is 1.58. The highest BCUT2D eigenvalue weighted by atomic mass is 32.2. The predicted molar refractivity (Wildman–Crippen MR) is 84.1 cm³/mol. The molecule has 112 valence electrons. The maximum absolute atomic E-state index is 12.5. The highest BCUT2D eigenvalue weighted by Gasteiger charge is 2.41. The summed E-state index contributed by atoms with van der Waals surface area (Å²) in [6.07, 6.45) is -0.0660. The van der Waals surface area contributed by atoms with Gasteiger partial charge in [-0.05, 0) is 17.4 Å². The van der Waals surface area contributed by atoms with Crippen molar-refractivity contribution in [2.24, 2.45) is 5.92 Å². The summed E-state index contributed by atoms with van der Waals surface area (Å²) in [6.45, 7) is 6.56. The fourth-order valence-electron chi connectivity index (χ4n) is 2.38. The highest BCUT2D eigenvalue weighted by Crippen LogP contribution is 2.30. The third kappa shape index (κ3) is 3.30. The van der Waals surface area contributed by atoms with Crippen LogP contribution in [-0.4, -0.2) is 39.1 Å². The van der Waals surface area contributed by atoms with E-state index >= 15 is 0 Å². The maximum atomic E-state index is 12.5. The van der Waals surface area contributed by atoms with Gasteiger partial charge in [-0.15, -0.1) is 11.3 Å². The van der Waals surface area contributed by atoms with E-state index in [1.807, 2.05) is 29.3 Å². The van der Waals surface area contributed by atoms with Crippen molar-refractivity contribution in [3.63, 3.8) is 0 Å². The lowest BCUT2D eigenvalue weighted by Crippen LogP contribution is -2.36. The molecule has 1 amide bonds. The molecule has 1 N–H and O–H groups in total. The number of amides is 1. The molecule has 0 spiro atoms. The lowest BCUT2D eigenvalue weighted by Gasteiger charge is -2.23. The van der Waals surface area contributed by atoms with Crippen molar-refractivity contribution < 1.29 is 9.00 Å². The van der Waals surface area contributed by atoms with E-state index in [9.17, 15) is 9.00 Å².